The SMILES string of the molecule is COc1ccc(C(=O)C(C)(C[P+](=O)CC(C)(CC(C)(C)C)C(=O)c2ccc(OC)cc2OC)CC(C)(C)C)c(OC)c1. The van der Waals surface area contributed by atoms with Crippen molar-refractivity contribution < 1.29 is 33.1 Å². The van der Waals surface area contributed by atoms with Crippen molar-refractivity contribution in [2.24, 2.45) is 21.7 Å². The first-order valence-electron chi connectivity index (χ1n) is 14.3. The van der Waals surface area contributed by atoms with Crippen LogP contribution in [0.1, 0.15) is 88.9 Å². The fraction of sp³-hybridized carbons (Fsp3) is 0.588. The molecule has 2 aromatic carbocycles. The third kappa shape index (κ3) is 9.04. The summed E-state index contributed by atoms with van der Waals surface area (Å²) >= 11 is 0. The fourth-order valence-corrected chi connectivity index (χ4v) is 8.39. The van der Waals surface area contributed by atoms with E-state index >= 15 is 0 Å². The molecular formula is C34H50O7P+. The van der Waals surface area contributed by atoms with Crippen LogP contribution >= 0.6 is 7.80 Å². The summed E-state index contributed by atoms with van der Waals surface area (Å²) in [6, 6.07) is 10.2. The summed E-state index contributed by atoms with van der Waals surface area (Å²) in [7, 11) is 4.17. The summed E-state index contributed by atoms with van der Waals surface area (Å²) in [5.41, 5.74) is -1.52. The molecule has 8 heteroatoms. The second kappa shape index (κ2) is 13.6. The first-order valence-corrected chi connectivity index (χ1v) is 15.9. The second-order valence-corrected chi connectivity index (χ2v) is 15.8. The van der Waals surface area contributed by atoms with Gasteiger partial charge in [-0.05, 0) is 61.8 Å². The van der Waals surface area contributed by atoms with Gasteiger partial charge in [0.1, 0.15) is 23.0 Å². The monoisotopic (exact) mass is 601 g/mol. The molecule has 2 atom stereocenters. The van der Waals surface area contributed by atoms with Crippen LogP contribution in [0.15, 0.2) is 36.4 Å². The number of rotatable bonds is 14. The normalized spacial score (nSPS) is 15.2. The molecule has 0 fully saturated rings. The summed E-state index contributed by atoms with van der Waals surface area (Å²) in [6.45, 7) is 16.2. The molecule has 0 saturated heterocycles. The van der Waals surface area contributed by atoms with Crippen LogP contribution in [0.25, 0.3) is 0 Å². The topological polar surface area (TPSA) is 88.1 Å². The Hall–Kier alpha value is -2.92. The standard InChI is InChI=1S/C34H50O7P/c1-31(2,3)19-33(7,29(35)25-15-13-23(38-9)17-27(25)40-11)21-42(37)22-34(8,20-32(4,5)6)30(36)26-16-14-24(39-10)18-28(26)41-12/h13-18H,19-22H2,1-12H3/q+1. The van der Waals surface area contributed by atoms with Crippen LogP contribution in [0.5, 0.6) is 23.0 Å². The Kier molecular flexibility index (Phi) is 11.4. The average Bonchev–Trinajstić information content (AvgIpc) is 2.88. The quantitative estimate of drug-likeness (QED) is 0.158. The predicted molar refractivity (Wildman–Crippen MR) is 169 cm³/mol. The lowest BCUT2D eigenvalue weighted by Crippen LogP contribution is -2.38. The van der Waals surface area contributed by atoms with E-state index in [4.69, 9.17) is 18.9 Å². The molecule has 0 bridgehead atoms. The van der Waals surface area contributed by atoms with E-state index in [1.165, 1.54) is 14.2 Å². The second-order valence-electron chi connectivity index (χ2n) is 14.2. The van der Waals surface area contributed by atoms with Crippen molar-refractivity contribution in [2.75, 3.05) is 40.8 Å². The molecule has 0 aliphatic rings. The highest BCUT2D eigenvalue weighted by atomic mass is 31.1. The van der Waals surface area contributed by atoms with Crippen LogP contribution in [0.4, 0.5) is 0 Å². The summed E-state index contributed by atoms with van der Waals surface area (Å²) in [5.74, 6) is 1.71. The van der Waals surface area contributed by atoms with E-state index in [9.17, 15) is 14.2 Å². The van der Waals surface area contributed by atoms with Gasteiger partial charge in [0.05, 0.1) is 50.4 Å². The number of methoxy groups -OCH3 is 4. The molecule has 0 radical (unpaired) electrons. The number of ether oxygens (including phenoxy) is 4. The highest BCUT2D eigenvalue weighted by molar-refractivity contribution is 7.44. The smallest absolute Gasteiger partial charge is 0.340 e. The molecule has 0 aromatic heterocycles. The van der Waals surface area contributed by atoms with E-state index < -0.39 is 18.6 Å². The van der Waals surface area contributed by atoms with Crippen LogP contribution in [-0.2, 0) is 4.57 Å². The van der Waals surface area contributed by atoms with E-state index in [0.717, 1.165) is 0 Å². The molecule has 0 N–H and O–H groups in total. The van der Waals surface area contributed by atoms with Gasteiger partial charge in [-0.2, -0.15) is 0 Å². The summed E-state index contributed by atoms with van der Waals surface area (Å²) < 4.78 is 35.9. The van der Waals surface area contributed by atoms with Crippen molar-refractivity contribution in [1.29, 1.82) is 0 Å². The van der Waals surface area contributed by atoms with E-state index in [2.05, 4.69) is 41.5 Å². The van der Waals surface area contributed by atoms with Gasteiger partial charge in [0.2, 0.25) is 0 Å². The lowest BCUT2D eigenvalue weighted by Gasteiger charge is -2.34. The van der Waals surface area contributed by atoms with Gasteiger partial charge < -0.3 is 18.9 Å². The van der Waals surface area contributed by atoms with Crippen LogP contribution in [0.2, 0.25) is 0 Å². The van der Waals surface area contributed by atoms with E-state index in [-0.39, 0.29) is 34.7 Å². The van der Waals surface area contributed by atoms with Gasteiger partial charge in [-0.15, -0.1) is 0 Å². The third-order valence-corrected chi connectivity index (χ3v) is 9.40. The summed E-state index contributed by atoms with van der Waals surface area (Å²) in [4.78, 5) is 28.4. The minimum absolute atomic E-state index is 0.138. The summed E-state index contributed by atoms with van der Waals surface area (Å²) in [6.07, 6.45) is 1.29. The molecule has 0 heterocycles. The van der Waals surface area contributed by atoms with Crippen LogP contribution in [0, 0.1) is 21.7 Å². The van der Waals surface area contributed by atoms with Crippen molar-refractivity contribution in [3.05, 3.63) is 47.5 Å². The van der Waals surface area contributed by atoms with E-state index in [1.54, 1.807) is 50.6 Å². The van der Waals surface area contributed by atoms with Gasteiger partial charge >= 0.3 is 7.80 Å². The largest absolute Gasteiger partial charge is 0.497 e. The van der Waals surface area contributed by atoms with Gasteiger partial charge in [0.25, 0.3) is 0 Å². The Balaban J connectivity index is 2.53. The number of ketones is 2. The third-order valence-electron chi connectivity index (χ3n) is 7.29. The fourth-order valence-electron chi connectivity index (χ4n) is 6.21. The molecule has 0 amide bonds. The number of carbonyl (C=O) groups is 2. The molecular weight excluding hydrogens is 551 g/mol. The lowest BCUT2D eigenvalue weighted by molar-refractivity contribution is 0.0764. The van der Waals surface area contributed by atoms with Crippen molar-refractivity contribution in [1.82, 2.24) is 0 Å². The van der Waals surface area contributed by atoms with Crippen LogP contribution in [0.3, 0.4) is 0 Å². The average molecular weight is 602 g/mol. The summed E-state index contributed by atoms with van der Waals surface area (Å²) in [5, 5.41) is 0. The number of carbonyl (C=O) groups excluding carboxylic acids is 2. The highest BCUT2D eigenvalue weighted by Crippen LogP contribution is 2.49. The number of hydrogen-bond donors (Lipinski definition) is 0. The number of Topliss-reactive ketones (excluding diaryl/α,β-unsaturated/α-hetero) is 2. The maximum Gasteiger partial charge on any atom is 0.340 e. The Morgan fingerprint density at radius 3 is 1.19 bits per heavy atom. The molecule has 232 valence electrons. The minimum atomic E-state index is -1.98. The molecule has 2 aromatic rings. The van der Waals surface area contributed by atoms with Gasteiger partial charge in [-0.1, -0.05) is 46.1 Å². The Morgan fingerprint density at radius 2 is 0.929 bits per heavy atom. The number of hydrogen-bond acceptors (Lipinski definition) is 7. The molecule has 7 nitrogen and oxygen atoms in total. The maximum absolute atomic E-state index is 14.2. The predicted octanol–water partition coefficient (Wildman–Crippen LogP) is 8.50. The zero-order valence-corrected chi connectivity index (χ0v) is 28.5. The van der Waals surface area contributed by atoms with Crippen molar-refractivity contribution in [3.8, 4) is 23.0 Å². The maximum atomic E-state index is 14.2. The highest BCUT2D eigenvalue weighted by Gasteiger charge is 2.49. The molecule has 2 rings (SSSR count). The molecule has 0 aliphatic carbocycles. The molecule has 2 unspecified atom stereocenters. The molecule has 0 saturated carbocycles. The van der Waals surface area contributed by atoms with Crippen molar-refractivity contribution in [2.45, 2.75) is 68.2 Å². The van der Waals surface area contributed by atoms with E-state index in [0.29, 0.717) is 47.0 Å². The van der Waals surface area contributed by atoms with Gasteiger partial charge in [0, 0.05) is 12.1 Å². The van der Waals surface area contributed by atoms with E-state index in [1.807, 2.05) is 13.8 Å². The lowest BCUT2D eigenvalue weighted by atomic mass is 9.72. The van der Waals surface area contributed by atoms with Gasteiger partial charge in [0.15, 0.2) is 23.9 Å². The first-order chi connectivity index (χ1) is 19.3. The molecule has 42 heavy (non-hydrogen) atoms. The molecule has 0 spiro atoms. The van der Waals surface area contributed by atoms with Crippen molar-refractivity contribution >= 4 is 19.4 Å². The van der Waals surface area contributed by atoms with Crippen LogP contribution in [-0.4, -0.2) is 52.3 Å². The van der Waals surface area contributed by atoms with Gasteiger partial charge in [-0.25, -0.2) is 0 Å². The zero-order chi connectivity index (χ0) is 32.1. The zero-order valence-electron chi connectivity index (χ0n) is 27.6. The Bertz CT molecular complexity index is 1190. The first kappa shape index (κ1) is 35.3. The minimum Gasteiger partial charge on any atom is -0.497 e. The van der Waals surface area contributed by atoms with Crippen molar-refractivity contribution in [3.63, 3.8) is 0 Å². The Morgan fingerprint density at radius 1 is 0.595 bits per heavy atom. The Labute approximate surface area is 253 Å². The number of benzene rings is 2. The molecule has 0 aliphatic heterocycles. The van der Waals surface area contributed by atoms with Crippen LogP contribution < -0.4 is 18.9 Å². The van der Waals surface area contributed by atoms with Gasteiger partial charge in [-0.3, -0.25) is 9.59 Å².